The van der Waals surface area contributed by atoms with Crippen LogP contribution in [0.5, 0.6) is 0 Å². The van der Waals surface area contributed by atoms with Crippen LogP contribution in [0.15, 0.2) is 55.1 Å². The largest absolute Gasteiger partial charge is 0.389 e. The zero-order valence-electron chi connectivity index (χ0n) is 18.6. The monoisotopic (exact) mass is 442 g/mol. The van der Waals surface area contributed by atoms with Crippen molar-refractivity contribution in [2.75, 3.05) is 11.9 Å². The second-order valence-electron chi connectivity index (χ2n) is 9.15. The summed E-state index contributed by atoms with van der Waals surface area (Å²) in [6, 6.07) is 9.57. The molecule has 3 aromatic heterocycles. The molecule has 0 unspecified atom stereocenters. The first kappa shape index (κ1) is 21.1. The lowest BCUT2D eigenvalue weighted by atomic mass is 9.98. The van der Waals surface area contributed by atoms with Crippen molar-refractivity contribution in [3.8, 4) is 22.5 Å². The number of anilines is 1. The van der Waals surface area contributed by atoms with Crippen LogP contribution >= 0.6 is 0 Å². The van der Waals surface area contributed by atoms with Gasteiger partial charge in [0.05, 0.1) is 23.2 Å². The third kappa shape index (κ3) is 4.29. The molecule has 0 saturated heterocycles. The Kier molecular flexibility index (Phi) is 5.09. The number of nitrogens with zero attached hydrogens (tertiary/aromatic N) is 4. The molecular formula is C25H26N6O2. The third-order valence-electron chi connectivity index (χ3n) is 5.79. The number of nitrogens with one attached hydrogen (secondary N) is 1. The van der Waals surface area contributed by atoms with Crippen molar-refractivity contribution in [2.24, 2.45) is 5.73 Å². The summed E-state index contributed by atoms with van der Waals surface area (Å²) in [6.07, 6.45) is 9.34. The number of amides is 1. The minimum Gasteiger partial charge on any atom is -0.389 e. The summed E-state index contributed by atoms with van der Waals surface area (Å²) in [4.78, 5) is 25.4. The van der Waals surface area contributed by atoms with Gasteiger partial charge in [-0.05, 0) is 62.4 Å². The second-order valence-corrected chi connectivity index (χ2v) is 9.15. The van der Waals surface area contributed by atoms with Crippen LogP contribution in [-0.2, 0) is 0 Å². The first-order valence-electron chi connectivity index (χ1n) is 11.0. The van der Waals surface area contributed by atoms with Crippen LogP contribution in [0, 0.1) is 0 Å². The van der Waals surface area contributed by atoms with Crippen LogP contribution in [0.25, 0.3) is 28.2 Å². The van der Waals surface area contributed by atoms with Gasteiger partial charge in [-0.1, -0.05) is 6.07 Å². The molecule has 8 nitrogen and oxygen atoms in total. The SMILES string of the molecule is CC(C)(O)CNc1nc(-c2ccncc2)cn2c(-c3ccc(C(N)=O)c(C4CC4)c3)cnc12. The molecule has 0 aliphatic heterocycles. The molecule has 1 amide bonds. The molecule has 168 valence electrons. The lowest BCUT2D eigenvalue weighted by molar-refractivity contribution is 0.0943. The van der Waals surface area contributed by atoms with Gasteiger partial charge in [-0.25, -0.2) is 9.97 Å². The first-order valence-corrected chi connectivity index (χ1v) is 11.0. The molecule has 8 heteroatoms. The molecule has 1 aliphatic rings. The molecule has 5 rings (SSSR count). The van der Waals surface area contributed by atoms with Gasteiger partial charge in [0.15, 0.2) is 11.5 Å². The maximum atomic E-state index is 11.9. The highest BCUT2D eigenvalue weighted by molar-refractivity contribution is 5.95. The number of hydrogen-bond acceptors (Lipinski definition) is 6. The maximum absolute atomic E-state index is 11.9. The van der Waals surface area contributed by atoms with Gasteiger partial charge in [-0.2, -0.15) is 0 Å². The van der Waals surface area contributed by atoms with E-state index in [9.17, 15) is 9.90 Å². The van der Waals surface area contributed by atoms with Crippen LogP contribution in [0.3, 0.4) is 0 Å². The van der Waals surface area contributed by atoms with E-state index in [4.69, 9.17) is 10.7 Å². The van der Waals surface area contributed by atoms with Gasteiger partial charge in [0, 0.05) is 41.8 Å². The highest BCUT2D eigenvalue weighted by Gasteiger charge is 2.28. The molecule has 3 heterocycles. The smallest absolute Gasteiger partial charge is 0.248 e. The number of aliphatic hydroxyl groups is 1. The predicted molar refractivity (Wildman–Crippen MR) is 127 cm³/mol. The van der Waals surface area contributed by atoms with Crippen LogP contribution in [0.2, 0.25) is 0 Å². The second kappa shape index (κ2) is 7.97. The zero-order valence-corrected chi connectivity index (χ0v) is 18.6. The molecule has 1 aromatic carbocycles. The highest BCUT2D eigenvalue weighted by atomic mass is 16.3. The van der Waals surface area contributed by atoms with E-state index < -0.39 is 11.5 Å². The molecule has 4 N–H and O–H groups in total. The number of rotatable bonds is 7. The minimum absolute atomic E-state index is 0.316. The number of carbonyl (C=O) groups excluding carboxylic acids is 1. The molecule has 0 spiro atoms. The van der Waals surface area contributed by atoms with E-state index in [1.54, 1.807) is 32.4 Å². The number of carbonyl (C=O) groups is 1. The van der Waals surface area contributed by atoms with Crippen molar-refractivity contribution in [2.45, 2.75) is 38.2 Å². The zero-order chi connectivity index (χ0) is 23.2. The van der Waals surface area contributed by atoms with Gasteiger partial charge in [-0.3, -0.25) is 14.2 Å². The van der Waals surface area contributed by atoms with E-state index in [1.807, 2.05) is 34.9 Å². The number of benzene rings is 1. The Labute approximate surface area is 191 Å². The van der Waals surface area contributed by atoms with Crippen molar-refractivity contribution in [1.29, 1.82) is 0 Å². The highest BCUT2D eigenvalue weighted by Crippen LogP contribution is 2.43. The third-order valence-corrected chi connectivity index (χ3v) is 5.79. The fourth-order valence-electron chi connectivity index (χ4n) is 3.96. The van der Waals surface area contributed by atoms with Gasteiger partial charge in [0.2, 0.25) is 5.91 Å². The Morgan fingerprint density at radius 2 is 1.97 bits per heavy atom. The number of hydrogen-bond donors (Lipinski definition) is 3. The summed E-state index contributed by atoms with van der Waals surface area (Å²) in [7, 11) is 0. The Hall–Kier alpha value is -3.78. The summed E-state index contributed by atoms with van der Waals surface area (Å²) in [6.45, 7) is 3.79. The summed E-state index contributed by atoms with van der Waals surface area (Å²) in [5, 5.41) is 13.5. The van der Waals surface area contributed by atoms with Crippen molar-refractivity contribution >= 4 is 17.4 Å². The van der Waals surface area contributed by atoms with Gasteiger partial charge in [-0.15, -0.1) is 0 Å². The summed E-state index contributed by atoms with van der Waals surface area (Å²) < 4.78 is 1.99. The number of aromatic nitrogens is 4. The standard InChI is InChI=1S/C25H26N6O2/c1-25(2,33)14-29-23-24-28-12-21(31(24)13-20(30-23)16-7-9-27-10-8-16)17-5-6-18(22(26)32)19(11-17)15-3-4-15/h5-13,15,33H,3-4,14H2,1-2H3,(H2,26,32)(H,29,30). The topological polar surface area (TPSA) is 118 Å². The predicted octanol–water partition coefficient (Wildman–Crippen LogP) is 3.62. The Morgan fingerprint density at radius 3 is 2.64 bits per heavy atom. The summed E-state index contributed by atoms with van der Waals surface area (Å²) in [5.74, 6) is 0.558. The van der Waals surface area contributed by atoms with Gasteiger partial charge in [0.1, 0.15) is 0 Å². The average molecular weight is 443 g/mol. The molecule has 1 fully saturated rings. The number of fused-ring (bicyclic) bond motifs is 1. The summed E-state index contributed by atoms with van der Waals surface area (Å²) >= 11 is 0. The van der Waals surface area contributed by atoms with E-state index in [0.717, 1.165) is 40.9 Å². The fourth-order valence-corrected chi connectivity index (χ4v) is 3.96. The number of imidazole rings is 1. The molecule has 33 heavy (non-hydrogen) atoms. The molecular weight excluding hydrogens is 416 g/mol. The lowest BCUT2D eigenvalue weighted by Gasteiger charge is -2.19. The van der Waals surface area contributed by atoms with E-state index in [1.165, 1.54) is 0 Å². The minimum atomic E-state index is -0.912. The average Bonchev–Trinajstić information content (AvgIpc) is 3.56. The Bertz CT molecular complexity index is 1340. The summed E-state index contributed by atoms with van der Waals surface area (Å²) in [5.41, 5.74) is 10.4. The number of nitrogens with two attached hydrogens (primary N) is 1. The van der Waals surface area contributed by atoms with Gasteiger partial charge >= 0.3 is 0 Å². The first-order chi connectivity index (χ1) is 15.8. The molecule has 1 saturated carbocycles. The Balaban J connectivity index is 1.66. The van der Waals surface area contributed by atoms with Crippen molar-refractivity contribution in [1.82, 2.24) is 19.4 Å². The van der Waals surface area contributed by atoms with Crippen LogP contribution in [0.4, 0.5) is 5.82 Å². The van der Waals surface area contributed by atoms with Crippen LogP contribution in [-0.4, -0.2) is 42.5 Å². The van der Waals surface area contributed by atoms with Gasteiger partial charge < -0.3 is 16.2 Å². The number of pyridine rings is 1. The molecule has 0 radical (unpaired) electrons. The molecule has 1 aliphatic carbocycles. The van der Waals surface area contributed by atoms with E-state index in [0.29, 0.717) is 29.5 Å². The van der Waals surface area contributed by atoms with E-state index in [2.05, 4.69) is 21.4 Å². The maximum Gasteiger partial charge on any atom is 0.248 e. The van der Waals surface area contributed by atoms with Crippen molar-refractivity contribution < 1.29 is 9.90 Å². The van der Waals surface area contributed by atoms with Crippen LogP contribution < -0.4 is 11.1 Å². The van der Waals surface area contributed by atoms with E-state index >= 15 is 0 Å². The van der Waals surface area contributed by atoms with Crippen LogP contribution in [0.1, 0.15) is 48.5 Å². The molecule has 0 bridgehead atoms. The fraction of sp³-hybridized carbons (Fsp3) is 0.280. The normalized spacial score (nSPS) is 13.9. The van der Waals surface area contributed by atoms with Gasteiger partial charge in [0.25, 0.3) is 0 Å². The van der Waals surface area contributed by atoms with Crippen molar-refractivity contribution in [3.63, 3.8) is 0 Å². The quantitative estimate of drug-likeness (QED) is 0.402. The lowest BCUT2D eigenvalue weighted by Crippen LogP contribution is -2.29. The van der Waals surface area contributed by atoms with E-state index in [-0.39, 0.29) is 0 Å². The molecule has 0 atom stereocenters. The molecule has 4 aromatic rings. The van der Waals surface area contributed by atoms with Crippen molar-refractivity contribution in [3.05, 3.63) is 66.2 Å². The Morgan fingerprint density at radius 1 is 1.21 bits per heavy atom. The number of primary amides is 1.